The maximum atomic E-state index is 11.0. The standard InChI is InChI=1S/C16H9BrN4O2/c17-11-2-1-3-12(6-11)20-16-10(8-18)9-19-15-5-4-13(21(22)23)7-14(15)16/h1-7,9H,(H,19,20). The highest BCUT2D eigenvalue weighted by atomic mass is 79.9. The highest BCUT2D eigenvalue weighted by molar-refractivity contribution is 9.10. The van der Waals surface area contributed by atoms with Gasteiger partial charge < -0.3 is 5.32 Å². The number of pyridine rings is 1. The number of nitrogens with one attached hydrogen (secondary N) is 1. The van der Waals surface area contributed by atoms with Crippen molar-refractivity contribution >= 4 is 43.9 Å². The van der Waals surface area contributed by atoms with Crippen molar-refractivity contribution in [2.24, 2.45) is 0 Å². The Morgan fingerprint density at radius 1 is 1.26 bits per heavy atom. The van der Waals surface area contributed by atoms with E-state index in [1.54, 1.807) is 6.07 Å². The lowest BCUT2D eigenvalue weighted by atomic mass is 10.1. The molecule has 1 aromatic heterocycles. The van der Waals surface area contributed by atoms with E-state index in [2.05, 4.69) is 32.3 Å². The van der Waals surface area contributed by atoms with Crippen LogP contribution in [-0.2, 0) is 0 Å². The summed E-state index contributed by atoms with van der Waals surface area (Å²) < 4.78 is 0.880. The number of nitro groups is 1. The zero-order chi connectivity index (χ0) is 16.4. The fourth-order valence-corrected chi connectivity index (χ4v) is 2.62. The number of benzene rings is 2. The third kappa shape index (κ3) is 2.98. The molecule has 2 aromatic carbocycles. The first kappa shape index (κ1) is 14.9. The lowest BCUT2D eigenvalue weighted by Gasteiger charge is -2.11. The van der Waals surface area contributed by atoms with Crippen LogP contribution in [0.1, 0.15) is 5.56 Å². The monoisotopic (exact) mass is 368 g/mol. The predicted molar refractivity (Wildman–Crippen MR) is 90.5 cm³/mol. The molecule has 0 fully saturated rings. The van der Waals surface area contributed by atoms with Crippen LogP contribution in [-0.4, -0.2) is 9.91 Å². The number of hydrogen-bond donors (Lipinski definition) is 1. The fraction of sp³-hybridized carbons (Fsp3) is 0. The second-order valence-corrected chi connectivity index (χ2v) is 5.67. The third-order valence-electron chi connectivity index (χ3n) is 3.28. The van der Waals surface area contributed by atoms with Gasteiger partial charge in [-0.3, -0.25) is 15.1 Å². The van der Waals surface area contributed by atoms with E-state index in [1.165, 1.54) is 18.3 Å². The molecule has 0 aliphatic carbocycles. The Balaban J connectivity index is 2.21. The molecular weight excluding hydrogens is 360 g/mol. The highest BCUT2D eigenvalue weighted by Gasteiger charge is 2.13. The zero-order valence-electron chi connectivity index (χ0n) is 11.7. The number of halogens is 1. The van der Waals surface area contributed by atoms with Crippen molar-refractivity contribution in [2.75, 3.05) is 5.32 Å². The third-order valence-corrected chi connectivity index (χ3v) is 3.77. The van der Waals surface area contributed by atoms with Crippen molar-refractivity contribution in [1.82, 2.24) is 4.98 Å². The van der Waals surface area contributed by atoms with Crippen molar-refractivity contribution in [2.45, 2.75) is 0 Å². The van der Waals surface area contributed by atoms with Gasteiger partial charge in [0.05, 0.1) is 21.7 Å². The lowest BCUT2D eigenvalue weighted by Crippen LogP contribution is -1.97. The Kier molecular flexibility index (Phi) is 3.91. The molecule has 0 radical (unpaired) electrons. The Bertz CT molecular complexity index is 966. The SMILES string of the molecule is N#Cc1cnc2ccc([N+](=O)[O-])cc2c1Nc1cccc(Br)c1. The van der Waals surface area contributed by atoms with Crippen LogP contribution in [0.4, 0.5) is 17.1 Å². The minimum atomic E-state index is -0.471. The summed E-state index contributed by atoms with van der Waals surface area (Å²) in [7, 11) is 0. The van der Waals surface area contributed by atoms with Crippen molar-refractivity contribution in [1.29, 1.82) is 5.26 Å². The van der Waals surface area contributed by atoms with E-state index in [0.717, 1.165) is 10.2 Å². The summed E-state index contributed by atoms with van der Waals surface area (Å²) >= 11 is 3.38. The Labute approximate surface area is 139 Å². The number of non-ortho nitro benzene ring substituents is 1. The first-order valence-electron chi connectivity index (χ1n) is 6.58. The van der Waals surface area contributed by atoms with Crippen LogP contribution in [0.3, 0.4) is 0 Å². The molecule has 0 amide bonds. The molecule has 0 aliphatic rings. The van der Waals surface area contributed by atoms with E-state index in [9.17, 15) is 15.4 Å². The molecule has 0 bridgehead atoms. The van der Waals surface area contributed by atoms with E-state index < -0.39 is 4.92 Å². The molecule has 3 rings (SSSR count). The normalized spacial score (nSPS) is 10.3. The van der Waals surface area contributed by atoms with E-state index in [0.29, 0.717) is 22.2 Å². The van der Waals surface area contributed by atoms with Crippen LogP contribution >= 0.6 is 15.9 Å². The number of hydrogen-bond acceptors (Lipinski definition) is 5. The molecule has 0 unspecified atom stereocenters. The summed E-state index contributed by atoms with van der Waals surface area (Å²) in [6, 6.07) is 13.9. The molecule has 23 heavy (non-hydrogen) atoms. The average Bonchev–Trinajstić information content (AvgIpc) is 2.54. The van der Waals surface area contributed by atoms with E-state index in [4.69, 9.17) is 0 Å². The minimum Gasteiger partial charge on any atom is -0.354 e. The van der Waals surface area contributed by atoms with Crippen LogP contribution < -0.4 is 5.32 Å². The molecule has 1 heterocycles. The van der Waals surface area contributed by atoms with Crippen LogP contribution in [0, 0.1) is 21.4 Å². The van der Waals surface area contributed by atoms with Crippen LogP contribution in [0.25, 0.3) is 10.9 Å². The summed E-state index contributed by atoms with van der Waals surface area (Å²) in [6.45, 7) is 0. The molecular formula is C16H9BrN4O2. The minimum absolute atomic E-state index is 0.0494. The second kappa shape index (κ2) is 6.02. The van der Waals surface area contributed by atoms with Crippen molar-refractivity contribution < 1.29 is 4.92 Å². The van der Waals surface area contributed by atoms with Gasteiger partial charge in [-0.1, -0.05) is 22.0 Å². The maximum Gasteiger partial charge on any atom is 0.270 e. The van der Waals surface area contributed by atoms with Crippen molar-refractivity contribution in [3.05, 3.63) is 68.8 Å². The molecule has 0 saturated carbocycles. The first-order chi connectivity index (χ1) is 11.1. The molecule has 0 atom stereocenters. The topological polar surface area (TPSA) is 91.8 Å². The highest BCUT2D eigenvalue weighted by Crippen LogP contribution is 2.31. The number of anilines is 2. The van der Waals surface area contributed by atoms with E-state index in [1.807, 2.05) is 24.3 Å². The number of fused-ring (bicyclic) bond motifs is 1. The largest absolute Gasteiger partial charge is 0.354 e. The fourth-order valence-electron chi connectivity index (χ4n) is 2.22. The number of nitriles is 1. The number of nitro benzene ring substituents is 1. The molecule has 3 aromatic rings. The van der Waals surface area contributed by atoms with E-state index in [-0.39, 0.29) is 5.69 Å². The van der Waals surface area contributed by atoms with Crippen molar-refractivity contribution in [3.63, 3.8) is 0 Å². The van der Waals surface area contributed by atoms with Crippen LogP contribution in [0.15, 0.2) is 53.1 Å². The molecule has 0 aliphatic heterocycles. The van der Waals surface area contributed by atoms with Gasteiger partial charge >= 0.3 is 0 Å². The predicted octanol–water partition coefficient (Wildman–Crippen LogP) is 4.52. The molecule has 1 N–H and O–H groups in total. The van der Waals surface area contributed by atoms with Crippen LogP contribution in [0.5, 0.6) is 0 Å². The summed E-state index contributed by atoms with van der Waals surface area (Å²) in [6.07, 6.45) is 1.45. The summed E-state index contributed by atoms with van der Waals surface area (Å²) in [4.78, 5) is 14.7. The van der Waals surface area contributed by atoms with Gasteiger partial charge in [-0.2, -0.15) is 5.26 Å². The summed E-state index contributed by atoms with van der Waals surface area (Å²) in [5, 5.41) is 24.0. The first-order valence-corrected chi connectivity index (χ1v) is 7.37. The van der Waals surface area contributed by atoms with Gasteiger partial charge in [0.15, 0.2) is 0 Å². The molecule has 112 valence electrons. The number of aromatic nitrogens is 1. The van der Waals surface area contributed by atoms with E-state index >= 15 is 0 Å². The Morgan fingerprint density at radius 2 is 2.09 bits per heavy atom. The summed E-state index contributed by atoms with van der Waals surface area (Å²) in [5.74, 6) is 0. The van der Waals surface area contributed by atoms with Gasteiger partial charge in [0.1, 0.15) is 6.07 Å². The molecule has 7 heteroatoms. The Morgan fingerprint density at radius 3 is 2.78 bits per heavy atom. The van der Waals surface area contributed by atoms with Crippen molar-refractivity contribution in [3.8, 4) is 6.07 Å². The average molecular weight is 369 g/mol. The quantitative estimate of drug-likeness (QED) is 0.541. The van der Waals surface area contributed by atoms with Gasteiger partial charge in [0.25, 0.3) is 5.69 Å². The second-order valence-electron chi connectivity index (χ2n) is 4.75. The maximum absolute atomic E-state index is 11.0. The summed E-state index contributed by atoms with van der Waals surface area (Å²) in [5.41, 5.74) is 2.10. The smallest absolute Gasteiger partial charge is 0.270 e. The van der Waals surface area contributed by atoms with Gasteiger partial charge in [0, 0.05) is 33.9 Å². The number of rotatable bonds is 3. The Hall–Kier alpha value is -2.98. The van der Waals surface area contributed by atoms with Gasteiger partial charge in [-0.15, -0.1) is 0 Å². The molecule has 0 spiro atoms. The molecule has 6 nitrogen and oxygen atoms in total. The lowest BCUT2D eigenvalue weighted by molar-refractivity contribution is -0.384. The van der Waals surface area contributed by atoms with Crippen LogP contribution in [0.2, 0.25) is 0 Å². The van der Waals surface area contributed by atoms with Gasteiger partial charge in [-0.05, 0) is 24.3 Å². The molecule has 0 saturated heterocycles. The number of nitrogens with zero attached hydrogens (tertiary/aromatic N) is 3. The van der Waals surface area contributed by atoms with Gasteiger partial charge in [0.2, 0.25) is 0 Å². The zero-order valence-corrected chi connectivity index (χ0v) is 13.2. The van der Waals surface area contributed by atoms with Gasteiger partial charge in [-0.25, -0.2) is 0 Å².